The normalized spacial score (nSPS) is 17.7. The summed E-state index contributed by atoms with van der Waals surface area (Å²) in [5.74, 6) is -1.79. The smallest absolute Gasteiger partial charge is 0.355 e. The Labute approximate surface area is 122 Å². The fourth-order valence-electron chi connectivity index (χ4n) is 2.17. The molecule has 1 N–H and O–H groups in total. The molecule has 1 aliphatic rings. The van der Waals surface area contributed by atoms with Gasteiger partial charge < -0.3 is 9.47 Å². The van der Waals surface area contributed by atoms with E-state index < -0.39 is 17.9 Å². The lowest BCUT2D eigenvalue weighted by Gasteiger charge is -2.24. The molecule has 0 aromatic heterocycles. The summed E-state index contributed by atoms with van der Waals surface area (Å²) in [6.07, 6.45) is 0. The zero-order chi connectivity index (χ0) is 15.4. The monoisotopic (exact) mass is 288 g/mol. The summed E-state index contributed by atoms with van der Waals surface area (Å²) in [6.45, 7) is 1.68. The van der Waals surface area contributed by atoms with E-state index in [1.165, 1.54) is 14.2 Å². The third kappa shape index (κ3) is 2.79. The molecule has 0 bridgehead atoms. The lowest BCUT2D eigenvalue weighted by molar-refractivity contribution is -0.142. The number of hydrogen-bond acceptors (Lipinski definition) is 6. The maximum absolute atomic E-state index is 12.1. The Morgan fingerprint density at radius 1 is 1.14 bits per heavy atom. The Morgan fingerprint density at radius 3 is 2.38 bits per heavy atom. The lowest BCUT2D eigenvalue weighted by Crippen LogP contribution is -2.36. The standard InChI is InChI=1S/C15H16N2O4/c1-9-11(14(18)20-2)13(10-7-5-4-6-8-10)17-16-12(9)15(19)21-3/h4-8,11,16H,1-3H3. The number of nitrogens with one attached hydrogen (secondary N) is 1. The van der Waals surface area contributed by atoms with E-state index in [4.69, 9.17) is 4.74 Å². The van der Waals surface area contributed by atoms with Gasteiger partial charge in [-0.25, -0.2) is 4.79 Å². The van der Waals surface area contributed by atoms with E-state index >= 15 is 0 Å². The van der Waals surface area contributed by atoms with Gasteiger partial charge in [0, 0.05) is 0 Å². The van der Waals surface area contributed by atoms with E-state index in [-0.39, 0.29) is 5.70 Å². The summed E-state index contributed by atoms with van der Waals surface area (Å²) < 4.78 is 9.52. The van der Waals surface area contributed by atoms with E-state index in [0.29, 0.717) is 11.3 Å². The molecule has 0 saturated carbocycles. The first-order chi connectivity index (χ1) is 10.1. The first kappa shape index (κ1) is 14.8. The Bertz CT molecular complexity index is 620. The molecule has 6 heteroatoms. The van der Waals surface area contributed by atoms with Crippen LogP contribution in [-0.2, 0) is 19.1 Å². The number of ether oxygens (including phenoxy) is 2. The SMILES string of the molecule is COC(=O)C1=C(C)C(C(=O)OC)C(c2ccccc2)=NN1. The highest BCUT2D eigenvalue weighted by molar-refractivity contribution is 6.15. The van der Waals surface area contributed by atoms with Crippen molar-refractivity contribution in [3.05, 3.63) is 47.2 Å². The van der Waals surface area contributed by atoms with Crippen LogP contribution in [0.3, 0.4) is 0 Å². The minimum absolute atomic E-state index is 0.160. The lowest BCUT2D eigenvalue weighted by atomic mass is 9.88. The van der Waals surface area contributed by atoms with E-state index in [0.717, 1.165) is 5.56 Å². The zero-order valence-corrected chi connectivity index (χ0v) is 12.0. The number of benzene rings is 1. The molecule has 0 aliphatic carbocycles. The van der Waals surface area contributed by atoms with Crippen LogP contribution in [0.4, 0.5) is 0 Å². The number of nitrogens with zero attached hydrogens (tertiary/aromatic N) is 1. The fraction of sp³-hybridized carbons (Fsp3) is 0.267. The molecule has 1 aromatic carbocycles. The highest BCUT2D eigenvalue weighted by Gasteiger charge is 2.35. The average molecular weight is 288 g/mol. The molecule has 0 spiro atoms. The molecule has 21 heavy (non-hydrogen) atoms. The van der Waals surface area contributed by atoms with Crippen molar-refractivity contribution in [2.24, 2.45) is 11.0 Å². The van der Waals surface area contributed by atoms with Gasteiger partial charge in [0.05, 0.1) is 19.9 Å². The Hall–Kier alpha value is -2.63. The number of methoxy groups -OCH3 is 2. The number of rotatable bonds is 3. The predicted octanol–water partition coefficient (Wildman–Crippen LogP) is 1.23. The molecule has 0 amide bonds. The topological polar surface area (TPSA) is 77.0 Å². The number of carbonyl (C=O) groups is 2. The van der Waals surface area contributed by atoms with Gasteiger partial charge in [0.1, 0.15) is 11.6 Å². The number of hydrazone groups is 1. The van der Waals surface area contributed by atoms with Crippen molar-refractivity contribution >= 4 is 17.7 Å². The summed E-state index contributed by atoms with van der Waals surface area (Å²) >= 11 is 0. The van der Waals surface area contributed by atoms with Crippen molar-refractivity contribution in [3.8, 4) is 0 Å². The molecule has 1 heterocycles. The minimum Gasteiger partial charge on any atom is -0.468 e. The quantitative estimate of drug-likeness (QED) is 0.846. The van der Waals surface area contributed by atoms with Crippen LogP contribution in [0.1, 0.15) is 12.5 Å². The molecule has 0 saturated heterocycles. The van der Waals surface area contributed by atoms with Gasteiger partial charge in [-0.2, -0.15) is 5.10 Å². The third-order valence-corrected chi connectivity index (χ3v) is 3.28. The summed E-state index contributed by atoms with van der Waals surface area (Å²) in [6, 6.07) is 9.25. The number of esters is 2. The van der Waals surface area contributed by atoms with Crippen LogP contribution < -0.4 is 5.43 Å². The maximum Gasteiger partial charge on any atom is 0.355 e. The Balaban J connectivity index is 2.47. The molecule has 1 aliphatic heterocycles. The summed E-state index contributed by atoms with van der Waals surface area (Å²) in [7, 11) is 2.58. The van der Waals surface area contributed by atoms with E-state index in [1.807, 2.05) is 30.3 Å². The molecule has 6 nitrogen and oxygen atoms in total. The van der Waals surface area contributed by atoms with Crippen LogP contribution in [0.5, 0.6) is 0 Å². The first-order valence-electron chi connectivity index (χ1n) is 6.36. The first-order valence-corrected chi connectivity index (χ1v) is 6.36. The molecule has 1 atom stereocenters. The molecule has 1 unspecified atom stereocenters. The van der Waals surface area contributed by atoms with E-state index in [9.17, 15) is 9.59 Å². The van der Waals surface area contributed by atoms with Crippen LogP contribution in [0.2, 0.25) is 0 Å². The van der Waals surface area contributed by atoms with Gasteiger partial charge in [0.15, 0.2) is 0 Å². The van der Waals surface area contributed by atoms with Gasteiger partial charge in [-0.3, -0.25) is 10.2 Å². The molecular formula is C15H16N2O4. The zero-order valence-electron chi connectivity index (χ0n) is 12.0. The van der Waals surface area contributed by atoms with Crippen molar-refractivity contribution in [3.63, 3.8) is 0 Å². The Kier molecular flexibility index (Phi) is 4.37. The van der Waals surface area contributed by atoms with Crippen molar-refractivity contribution in [1.29, 1.82) is 0 Å². The van der Waals surface area contributed by atoms with Crippen molar-refractivity contribution in [1.82, 2.24) is 5.43 Å². The molecule has 110 valence electrons. The minimum atomic E-state index is -0.743. The van der Waals surface area contributed by atoms with Gasteiger partial charge in [-0.05, 0) is 18.1 Å². The van der Waals surface area contributed by atoms with Gasteiger partial charge in [-0.15, -0.1) is 0 Å². The molecule has 2 rings (SSSR count). The highest BCUT2D eigenvalue weighted by Crippen LogP contribution is 2.25. The number of carbonyl (C=O) groups excluding carboxylic acids is 2. The van der Waals surface area contributed by atoms with Crippen LogP contribution >= 0.6 is 0 Å². The predicted molar refractivity (Wildman–Crippen MR) is 76.3 cm³/mol. The summed E-state index contributed by atoms with van der Waals surface area (Å²) in [5.41, 5.74) is 4.63. The molecule has 0 radical (unpaired) electrons. The maximum atomic E-state index is 12.1. The van der Waals surface area contributed by atoms with Crippen molar-refractivity contribution in [2.45, 2.75) is 6.92 Å². The van der Waals surface area contributed by atoms with Gasteiger partial charge in [0.2, 0.25) is 0 Å². The average Bonchev–Trinajstić information content (AvgIpc) is 2.53. The summed E-state index contributed by atoms with van der Waals surface area (Å²) in [4.78, 5) is 23.8. The second-order valence-electron chi connectivity index (χ2n) is 4.48. The largest absolute Gasteiger partial charge is 0.468 e. The third-order valence-electron chi connectivity index (χ3n) is 3.28. The van der Waals surface area contributed by atoms with Gasteiger partial charge in [-0.1, -0.05) is 30.3 Å². The molecule has 1 aromatic rings. The van der Waals surface area contributed by atoms with Crippen LogP contribution in [0.15, 0.2) is 46.7 Å². The second kappa shape index (κ2) is 6.21. The van der Waals surface area contributed by atoms with Crippen molar-refractivity contribution in [2.75, 3.05) is 14.2 Å². The van der Waals surface area contributed by atoms with E-state index in [1.54, 1.807) is 6.92 Å². The van der Waals surface area contributed by atoms with Gasteiger partial charge in [0.25, 0.3) is 0 Å². The van der Waals surface area contributed by atoms with Crippen molar-refractivity contribution < 1.29 is 19.1 Å². The molecular weight excluding hydrogens is 272 g/mol. The summed E-state index contributed by atoms with van der Waals surface area (Å²) in [5, 5.41) is 4.16. The van der Waals surface area contributed by atoms with E-state index in [2.05, 4.69) is 15.3 Å². The van der Waals surface area contributed by atoms with Gasteiger partial charge >= 0.3 is 11.9 Å². The molecule has 0 fully saturated rings. The van der Waals surface area contributed by atoms with Crippen LogP contribution in [-0.4, -0.2) is 31.9 Å². The fourth-order valence-corrected chi connectivity index (χ4v) is 2.17. The highest BCUT2D eigenvalue weighted by atomic mass is 16.5. The Morgan fingerprint density at radius 2 is 1.81 bits per heavy atom. The number of hydrogen-bond donors (Lipinski definition) is 1. The van der Waals surface area contributed by atoms with Crippen LogP contribution in [0, 0.1) is 5.92 Å². The van der Waals surface area contributed by atoms with Crippen LogP contribution in [0.25, 0.3) is 0 Å². The second-order valence-corrected chi connectivity index (χ2v) is 4.48.